The van der Waals surface area contributed by atoms with Crippen molar-refractivity contribution in [2.75, 3.05) is 39.5 Å². The molecule has 0 spiro atoms. The number of nitrogens with zero attached hydrogens (tertiary/aromatic N) is 2. The fourth-order valence-corrected chi connectivity index (χ4v) is 2.76. The zero-order valence-electron chi connectivity index (χ0n) is 14.8. The Balaban J connectivity index is 1.42. The quantitative estimate of drug-likeness (QED) is 0.415. The van der Waals surface area contributed by atoms with Gasteiger partial charge in [-0.05, 0) is 54.5 Å². The van der Waals surface area contributed by atoms with Crippen LogP contribution in [0.25, 0.3) is 6.08 Å². The summed E-state index contributed by atoms with van der Waals surface area (Å²) in [5, 5.41) is 0. The Bertz CT molecular complexity index is 708. The molecular weight excluding hydrogens is 328 g/mol. The maximum atomic E-state index is 12.2. The van der Waals surface area contributed by atoms with Crippen LogP contribution in [0, 0.1) is 0 Å². The molecule has 1 aromatic heterocycles. The SMILES string of the molecule is O=C(C=Cc1cccnc1)c1ccc(OCCCN2CCOCC2)cc1. The number of carbonyl (C=O) groups is 1. The summed E-state index contributed by atoms with van der Waals surface area (Å²) in [6.07, 6.45) is 7.74. The molecule has 5 heteroatoms. The molecule has 0 atom stereocenters. The number of rotatable bonds is 8. The number of hydrogen-bond donors (Lipinski definition) is 0. The predicted octanol–water partition coefficient (Wildman–Crippen LogP) is 3.08. The van der Waals surface area contributed by atoms with Crippen LogP contribution in [0.3, 0.4) is 0 Å². The molecule has 0 radical (unpaired) electrons. The second kappa shape index (κ2) is 9.85. The number of carbonyl (C=O) groups excluding carboxylic acids is 1. The van der Waals surface area contributed by atoms with Gasteiger partial charge in [0, 0.05) is 37.6 Å². The van der Waals surface area contributed by atoms with E-state index in [0.717, 1.165) is 50.6 Å². The van der Waals surface area contributed by atoms with Gasteiger partial charge in [-0.15, -0.1) is 0 Å². The first-order chi connectivity index (χ1) is 12.8. The van der Waals surface area contributed by atoms with Crippen LogP contribution in [0.15, 0.2) is 54.9 Å². The molecule has 2 heterocycles. The van der Waals surface area contributed by atoms with E-state index in [4.69, 9.17) is 9.47 Å². The van der Waals surface area contributed by atoms with Crippen molar-refractivity contribution < 1.29 is 14.3 Å². The third-order valence-electron chi connectivity index (χ3n) is 4.24. The van der Waals surface area contributed by atoms with Gasteiger partial charge >= 0.3 is 0 Å². The van der Waals surface area contributed by atoms with Crippen molar-refractivity contribution in [2.24, 2.45) is 0 Å². The molecule has 0 amide bonds. The van der Waals surface area contributed by atoms with Crippen LogP contribution >= 0.6 is 0 Å². The summed E-state index contributed by atoms with van der Waals surface area (Å²) in [4.78, 5) is 18.6. The molecule has 1 aromatic carbocycles. The second-order valence-corrected chi connectivity index (χ2v) is 6.16. The lowest BCUT2D eigenvalue weighted by Crippen LogP contribution is -2.37. The third kappa shape index (κ3) is 5.79. The van der Waals surface area contributed by atoms with Gasteiger partial charge in [0.25, 0.3) is 0 Å². The molecule has 1 aliphatic heterocycles. The first-order valence-corrected chi connectivity index (χ1v) is 8.97. The van der Waals surface area contributed by atoms with Crippen LogP contribution in [-0.4, -0.2) is 55.1 Å². The molecule has 26 heavy (non-hydrogen) atoms. The number of allylic oxidation sites excluding steroid dienone is 1. The van der Waals surface area contributed by atoms with E-state index in [1.54, 1.807) is 36.7 Å². The molecule has 0 N–H and O–H groups in total. The molecule has 1 saturated heterocycles. The summed E-state index contributed by atoms with van der Waals surface area (Å²) in [5.74, 6) is 0.757. The van der Waals surface area contributed by atoms with E-state index < -0.39 is 0 Å². The lowest BCUT2D eigenvalue weighted by molar-refractivity contribution is 0.0358. The lowest BCUT2D eigenvalue weighted by atomic mass is 10.1. The normalized spacial score (nSPS) is 15.2. The highest BCUT2D eigenvalue weighted by Gasteiger charge is 2.09. The average molecular weight is 352 g/mol. The largest absolute Gasteiger partial charge is 0.494 e. The molecule has 0 saturated carbocycles. The van der Waals surface area contributed by atoms with Crippen molar-refractivity contribution in [3.05, 3.63) is 66.0 Å². The number of pyridine rings is 1. The number of aromatic nitrogens is 1. The Morgan fingerprint density at radius 2 is 2.00 bits per heavy atom. The van der Waals surface area contributed by atoms with Gasteiger partial charge in [0.1, 0.15) is 5.75 Å². The Morgan fingerprint density at radius 1 is 1.19 bits per heavy atom. The summed E-state index contributed by atoms with van der Waals surface area (Å²) in [6.45, 7) is 5.36. The summed E-state index contributed by atoms with van der Waals surface area (Å²) in [5.41, 5.74) is 1.55. The molecule has 3 rings (SSSR count). The van der Waals surface area contributed by atoms with Crippen molar-refractivity contribution in [1.82, 2.24) is 9.88 Å². The van der Waals surface area contributed by atoms with Crippen LogP contribution in [0.5, 0.6) is 5.75 Å². The van der Waals surface area contributed by atoms with Crippen molar-refractivity contribution >= 4 is 11.9 Å². The lowest BCUT2D eigenvalue weighted by Gasteiger charge is -2.26. The van der Waals surface area contributed by atoms with Crippen LogP contribution in [0.2, 0.25) is 0 Å². The first-order valence-electron chi connectivity index (χ1n) is 8.97. The van der Waals surface area contributed by atoms with Crippen LogP contribution < -0.4 is 4.74 Å². The Hall–Kier alpha value is -2.50. The zero-order valence-corrected chi connectivity index (χ0v) is 14.8. The van der Waals surface area contributed by atoms with Gasteiger partial charge in [-0.3, -0.25) is 14.7 Å². The number of ether oxygens (including phenoxy) is 2. The van der Waals surface area contributed by atoms with Crippen molar-refractivity contribution in [3.63, 3.8) is 0 Å². The van der Waals surface area contributed by atoms with Crippen molar-refractivity contribution in [3.8, 4) is 5.75 Å². The molecule has 2 aromatic rings. The number of hydrogen-bond acceptors (Lipinski definition) is 5. The topological polar surface area (TPSA) is 51.7 Å². The van der Waals surface area contributed by atoms with E-state index in [0.29, 0.717) is 12.2 Å². The highest BCUT2D eigenvalue weighted by atomic mass is 16.5. The summed E-state index contributed by atoms with van der Waals surface area (Å²) >= 11 is 0. The van der Waals surface area contributed by atoms with Gasteiger partial charge < -0.3 is 9.47 Å². The van der Waals surface area contributed by atoms with Crippen LogP contribution in [-0.2, 0) is 4.74 Å². The molecule has 0 bridgehead atoms. The predicted molar refractivity (Wildman–Crippen MR) is 101 cm³/mol. The van der Waals surface area contributed by atoms with Gasteiger partial charge in [-0.2, -0.15) is 0 Å². The van der Waals surface area contributed by atoms with E-state index in [2.05, 4.69) is 9.88 Å². The van der Waals surface area contributed by atoms with Gasteiger partial charge in [0.15, 0.2) is 5.78 Å². The molecule has 5 nitrogen and oxygen atoms in total. The Morgan fingerprint density at radius 3 is 2.73 bits per heavy atom. The fourth-order valence-electron chi connectivity index (χ4n) is 2.76. The van der Waals surface area contributed by atoms with Gasteiger partial charge in [-0.25, -0.2) is 0 Å². The summed E-state index contributed by atoms with van der Waals surface area (Å²) < 4.78 is 11.1. The molecule has 1 aliphatic rings. The summed E-state index contributed by atoms with van der Waals surface area (Å²) in [7, 11) is 0. The highest BCUT2D eigenvalue weighted by Crippen LogP contribution is 2.14. The van der Waals surface area contributed by atoms with Gasteiger partial charge in [0.05, 0.1) is 19.8 Å². The fraction of sp³-hybridized carbons (Fsp3) is 0.333. The highest BCUT2D eigenvalue weighted by molar-refractivity contribution is 6.06. The van der Waals surface area contributed by atoms with E-state index >= 15 is 0 Å². The third-order valence-corrected chi connectivity index (χ3v) is 4.24. The number of ketones is 1. The minimum atomic E-state index is -0.0345. The van der Waals surface area contributed by atoms with Crippen molar-refractivity contribution in [1.29, 1.82) is 0 Å². The average Bonchev–Trinajstić information content (AvgIpc) is 2.71. The Labute approximate surface area is 154 Å². The van der Waals surface area contributed by atoms with Gasteiger partial charge in [-0.1, -0.05) is 6.07 Å². The van der Waals surface area contributed by atoms with Gasteiger partial charge in [0.2, 0.25) is 0 Å². The first kappa shape index (κ1) is 18.3. The monoisotopic (exact) mass is 352 g/mol. The summed E-state index contributed by atoms with van der Waals surface area (Å²) in [6, 6.07) is 11.0. The minimum absolute atomic E-state index is 0.0345. The molecule has 0 aliphatic carbocycles. The van der Waals surface area contributed by atoms with E-state index in [-0.39, 0.29) is 5.78 Å². The molecule has 0 unspecified atom stereocenters. The number of benzene rings is 1. The smallest absolute Gasteiger partial charge is 0.185 e. The standard InChI is InChI=1S/C21H24N2O3/c24-21(9-4-18-3-1-10-22-17-18)19-5-7-20(8-6-19)26-14-2-11-23-12-15-25-16-13-23/h1,3-10,17H,2,11-16H2. The molecular formula is C21H24N2O3. The van der Waals surface area contributed by atoms with E-state index in [1.165, 1.54) is 0 Å². The molecule has 1 fully saturated rings. The zero-order chi connectivity index (χ0) is 18.0. The van der Waals surface area contributed by atoms with E-state index in [1.807, 2.05) is 24.3 Å². The van der Waals surface area contributed by atoms with Crippen LogP contribution in [0.1, 0.15) is 22.3 Å². The maximum Gasteiger partial charge on any atom is 0.185 e. The van der Waals surface area contributed by atoms with Crippen molar-refractivity contribution in [2.45, 2.75) is 6.42 Å². The van der Waals surface area contributed by atoms with E-state index in [9.17, 15) is 4.79 Å². The molecule has 136 valence electrons. The van der Waals surface area contributed by atoms with Crippen LogP contribution in [0.4, 0.5) is 0 Å². The minimum Gasteiger partial charge on any atom is -0.494 e. The number of morpholine rings is 1. The second-order valence-electron chi connectivity index (χ2n) is 6.16. The Kier molecular flexibility index (Phi) is 6.93. The maximum absolute atomic E-state index is 12.2.